The Morgan fingerprint density at radius 2 is 2.19 bits per heavy atom. The van der Waals surface area contributed by atoms with Crippen molar-refractivity contribution in [3.63, 3.8) is 0 Å². The number of carbonyl (C=O) groups is 2. The molecule has 134 valence electrons. The number of thioether (sulfide) groups is 1. The number of carbonyl (C=O) groups excluding carboxylic acids is 1. The fourth-order valence-electron chi connectivity index (χ4n) is 2.44. The van der Waals surface area contributed by atoms with Crippen molar-refractivity contribution in [2.75, 3.05) is 6.54 Å². The van der Waals surface area contributed by atoms with Crippen LogP contribution in [0.5, 0.6) is 0 Å². The molecule has 0 radical (unpaired) electrons. The third-order valence-corrected chi connectivity index (χ3v) is 5.40. The Morgan fingerprint density at radius 3 is 2.88 bits per heavy atom. The summed E-state index contributed by atoms with van der Waals surface area (Å²) in [5.74, 6) is -1.48. The first-order valence-corrected chi connectivity index (χ1v) is 9.04. The molecule has 1 aliphatic heterocycles. The minimum Gasteiger partial charge on any atom is -0.481 e. The number of carboxylic acid groups (broad SMARTS) is 1. The molecule has 0 saturated carbocycles. The van der Waals surface area contributed by atoms with Crippen molar-refractivity contribution in [3.05, 3.63) is 49.9 Å². The van der Waals surface area contributed by atoms with Crippen LogP contribution in [0.2, 0.25) is 5.15 Å². The molecule has 1 saturated heterocycles. The molecule has 2 aromatic heterocycles. The van der Waals surface area contributed by atoms with Gasteiger partial charge in [0.25, 0.3) is 11.5 Å². The van der Waals surface area contributed by atoms with Gasteiger partial charge < -0.3 is 5.11 Å². The Labute approximate surface area is 162 Å². The summed E-state index contributed by atoms with van der Waals surface area (Å²) in [5, 5.41) is 8.76. The van der Waals surface area contributed by atoms with Gasteiger partial charge in [-0.2, -0.15) is 0 Å². The van der Waals surface area contributed by atoms with Crippen molar-refractivity contribution >= 4 is 63.5 Å². The Morgan fingerprint density at radius 1 is 1.46 bits per heavy atom. The van der Waals surface area contributed by atoms with E-state index in [1.54, 1.807) is 12.3 Å². The SMILES string of the molecule is Cc1cccn2c(=O)c(/C=C3\SC(=S)N(CCC(=O)O)C3=O)c(Cl)nc12. The van der Waals surface area contributed by atoms with E-state index >= 15 is 0 Å². The van der Waals surface area contributed by atoms with E-state index in [4.69, 9.17) is 28.9 Å². The maximum atomic E-state index is 12.7. The zero-order chi connectivity index (χ0) is 19.0. The molecule has 0 atom stereocenters. The molecule has 1 aliphatic rings. The number of fused-ring (bicyclic) bond motifs is 1. The molecule has 1 N–H and O–H groups in total. The predicted octanol–water partition coefficient (Wildman–Crippen LogP) is 2.33. The van der Waals surface area contributed by atoms with Crippen LogP contribution in [0.3, 0.4) is 0 Å². The fourth-order valence-corrected chi connectivity index (χ4v) is 3.94. The highest BCUT2D eigenvalue weighted by Gasteiger charge is 2.32. The lowest BCUT2D eigenvalue weighted by molar-refractivity contribution is -0.137. The number of hydrogen-bond donors (Lipinski definition) is 1. The second kappa shape index (κ2) is 7.18. The minimum absolute atomic E-state index is 0.0138. The van der Waals surface area contributed by atoms with Crippen molar-refractivity contribution in [2.45, 2.75) is 13.3 Å². The number of halogens is 1. The first-order valence-electron chi connectivity index (χ1n) is 7.44. The van der Waals surface area contributed by atoms with Gasteiger partial charge in [-0.1, -0.05) is 41.6 Å². The van der Waals surface area contributed by atoms with Crippen LogP contribution in [0.1, 0.15) is 17.5 Å². The van der Waals surface area contributed by atoms with Gasteiger partial charge in [-0.3, -0.25) is 23.7 Å². The van der Waals surface area contributed by atoms with Crippen molar-refractivity contribution in [2.24, 2.45) is 0 Å². The van der Waals surface area contributed by atoms with E-state index in [9.17, 15) is 14.4 Å². The Kier molecular flexibility index (Phi) is 5.12. The normalized spacial score (nSPS) is 16.1. The smallest absolute Gasteiger partial charge is 0.305 e. The number of aryl methyl sites for hydroxylation is 1. The molecule has 3 rings (SSSR count). The molecule has 0 aliphatic carbocycles. The van der Waals surface area contributed by atoms with E-state index in [1.165, 1.54) is 15.4 Å². The van der Waals surface area contributed by atoms with E-state index < -0.39 is 17.4 Å². The highest BCUT2D eigenvalue weighted by Crippen LogP contribution is 2.33. The number of aromatic nitrogens is 2. The standard InChI is InChI=1S/C16H12ClN3O4S2/c1-8-3-2-5-19-13(8)18-12(17)9(14(19)23)7-10-15(24)20(16(25)26-10)6-4-11(21)22/h2-3,5,7H,4,6H2,1H3,(H,21,22)/b10-7-. The first-order chi connectivity index (χ1) is 12.3. The second-order valence-electron chi connectivity index (χ2n) is 5.48. The van der Waals surface area contributed by atoms with E-state index in [1.807, 2.05) is 13.0 Å². The van der Waals surface area contributed by atoms with E-state index in [0.717, 1.165) is 17.3 Å². The number of amides is 1. The van der Waals surface area contributed by atoms with Crippen LogP contribution in [0.15, 0.2) is 28.0 Å². The average molecular weight is 410 g/mol. The van der Waals surface area contributed by atoms with Gasteiger partial charge in [-0.05, 0) is 24.6 Å². The summed E-state index contributed by atoms with van der Waals surface area (Å²) in [6.45, 7) is 1.78. The molecule has 7 nitrogen and oxygen atoms in total. The van der Waals surface area contributed by atoms with E-state index in [-0.39, 0.29) is 32.9 Å². The molecule has 10 heteroatoms. The van der Waals surface area contributed by atoms with Crippen LogP contribution in [-0.4, -0.2) is 42.1 Å². The second-order valence-corrected chi connectivity index (χ2v) is 7.52. The summed E-state index contributed by atoms with van der Waals surface area (Å²) in [7, 11) is 0. The Bertz CT molecular complexity index is 1050. The van der Waals surface area contributed by atoms with Crippen LogP contribution >= 0.6 is 35.6 Å². The minimum atomic E-state index is -1.03. The molecular formula is C16H12ClN3O4S2. The molecule has 0 bridgehead atoms. The van der Waals surface area contributed by atoms with Gasteiger partial charge in [0, 0.05) is 12.7 Å². The van der Waals surface area contributed by atoms with Gasteiger partial charge >= 0.3 is 5.97 Å². The summed E-state index contributed by atoms with van der Waals surface area (Å²) >= 11 is 12.3. The summed E-state index contributed by atoms with van der Waals surface area (Å²) in [6.07, 6.45) is 2.70. The molecule has 26 heavy (non-hydrogen) atoms. The third kappa shape index (κ3) is 3.37. The average Bonchev–Trinajstić information content (AvgIpc) is 2.84. The number of carboxylic acids is 1. The van der Waals surface area contributed by atoms with Crippen LogP contribution in [0, 0.1) is 6.92 Å². The Balaban J connectivity index is 2.03. The summed E-state index contributed by atoms with van der Waals surface area (Å²) < 4.78 is 1.60. The van der Waals surface area contributed by atoms with Crippen LogP contribution < -0.4 is 5.56 Å². The zero-order valence-corrected chi connectivity index (χ0v) is 15.8. The van der Waals surface area contributed by atoms with Gasteiger partial charge in [0.1, 0.15) is 15.1 Å². The van der Waals surface area contributed by atoms with Crippen LogP contribution in [0.25, 0.3) is 11.7 Å². The molecule has 0 unspecified atom stereocenters. The molecule has 2 aromatic rings. The number of aliphatic carboxylic acids is 1. The lowest BCUT2D eigenvalue weighted by Gasteiger charge is -2.12. The van der Waals surface area contributed by atoms with Crippen molar-refractivity contribution in [3.8, 4) is 0 Å². The monoisotopic (exact) mass is 409 g/mol. The largest absolute Gasteiger partial charge is 0.481 e. The van der Waals surface area contributed by atoms with Crippen LogP contribution in [-0.2, 0) is 9.59 Å². The number of thiocarbonyl (C=S) groups is 1. The predicted molar refractivity (Wildman–Crippen MR) is 103 cm³/mol. The van der Waals surface area contributed by atoms with Crippen LogP contribution in [0.4, 0.5) is 0 Å². The number of rotatable bonds is 4. The fraction of sp³-hybridized carbons (Fsp3) is 0.188. The highest BCUT2D eigenvalue weighted by molar-refractivity contribution is 8.26. The third-order valence-electron chi connectivity index (χ3n) is 3.74. The number of nitrogens with zero attached hydrogens (tertiary/aromatic N) is 3. The summed E-state index contributed by atoms with van der Waals surface area (Å²) in [4.78, 5) is 41.5. The quantitative estimate of drug-likeness (QED) is 0.470. The summed E-state index contributed by atoms with van der Waals surface area (Å²) in [6, 6.07) is 3.53. The lowest BCUT2D eigenvalue weighted by atomic mass is 10.2. The highest BCUT2D eigenvalue weighted by atomic mass is 35.5. The first kappa shape index (κ1) is 18.6. The van der Waals surface area contributed by atoms with E-state index in [0.29, 0.717) is 5.65 Å². The van der Waals surface area contributed by atoms with Crippen molar-refractivity contribution in [1.82, 2.24) is 14.3 Å². The van der Waals surface area contributed by atoms with E-state index in [2.05, 4.69) is 4.98 Å². The molecule has 3 heterocycles. The molecule has 1 fully saturated rings. The summed E-state index contributed by atoms with van der Waals surface area (Å²) in [5.41, 5.74) is 0.903. The lowest BCUT2D eigenvalue weighted by Crippen LogP contribution is -2.30. The van der Waals surface area contributed by atoms with Gasteiger partial charge in [-0.25, -0.2) is 4.98 Å². The molecule has 1 amide bonds. The number of hydrogen-bond acceptors (Lipinski definition) is 6. The van der Waals surface area contributed by atoms with Gasteiger partial charge in [0.15, 0.2) is 0 Å². The van der Waals surface area contributed by atoms with Gasteiger partial charge in [0.05, 0.1) is 16.9 Å². The number of pyridine rings is 1. The van der Waals surface area contributed by atoms with Gasteiger partial charge in [0.2, 0.25) is 0 Å². The Hall–Kier alpha value is -2.23. The van der Waals surface area contributed by atoms with Crippen molar-refractivity contribution < 1.29 is 14.7 Å². The zero-order valence-electron chi connectivity index (χ0n) is 13.4. The molecule has 0 aromatic carbocycles. The van der Waals surface area contributed by atoms with Gasteiger partial charge in [-0.15, -0.1) is 0 Å². The maximum Gasteiger partial charge on any atom is 0.305 e. The molecule has 0 spiro atoms. The molecular weight excluding hydrogens is 398 g/mol. The maximum absolute atomic E-state index is 12.7. The topological polar surface area (TPSA) is 92.0 Å². The van der Waals surface area contributed by atoms with Crippen molar-refractivity contribution in [1.29, 1.82) is 0 Å².